The van der Waals surface area contributed by atoms with E-state index < -0.39 is 12.2 Å². The molecule has 1 fully saturated rings. The summed E-state index contributed by atoms with van der Waals surface area (Å²) in [6, 6.07) is 28.6. The number of anilines is 1. The molecule has 1 amide bonds. The van der Waals surface area contributed by atoms with Gasteiger partial charge >= 0.3 is 6.09 Å². The van der Waals surface area contributed by atoms with Gasteiger partial charge in [0.1, 0.15) is 18.5 Å². The minimum absolute atomic E-state index is 0.211. The van der Waals surface area contributed by atoms with Crippen LogP contribution in [0.4, 0.5) is 10.5 Å². The third-order valence-electron chi connectivity index (χ3n) is 6.75. The van der Waals surface area contributed by atoms with E-state index in [1.165, 1.54) is 11.1 Å². The first-order valence-electron chi connectivity index (χ1n) is 13.5. The van der Waals surface area contributed by atoms with Crippen LogP contribution in [-0.2, 0) is 4.74 Å². The first kappa shape index (κ1) is 27.6. The molecule has 0 bridgehead atoms. The predicted octanol–water partition coefficient (Wildman–Crippen LogP) is 5.18. The number of aliphatic hydroxyl groups excluding tert-OH is 1. The standard InChI is InChI=1S/C31H39N3O4/c1-2-3-22-37-31(36)32-27-14-16-29(17-15-27)38-24-28(35)23-33-18-20-34(21-19-33)30(25-10-6-4-7-11-25)26-12-8-5-9-13-26/h4-17,28,30,35H,2-3,18-24H2,1H3,(H,32,36). The molecule has 1 unspecified atom stereocenters. The third kappa shape index (κ3) is 8.31. The van der Waals surface area contributed by atoms with E-state index in [4.69, 9.17) is 9.47 Å². The maximum Gasteiger partial charge on any atom is 0.411 e. The molecule has 0 saturated carbocycles. The molecule has 1 heterocycles. The Hall–Kier alpha value is -3.39. The van der Waals surface area contributed by atoms with Crippen LogP contribution in [0.15, 0.2) is 84.9 Å². The van der Waals surface area contributed by atoms with E-state index in [2.05, 4.69) is 75.8 Å². The molecule has 0 spiro atoms. The van der Waals surface area contributed by atoms with Gasteiger partial charge in [0.05, 0.1) is 12.6 Å². The second-order valence-corrected chi connectivity index (χ2v) is 9.66. The Bertz CT molecular complexity index is 1050. The summed E-state index contributed by atoms with van der Waals surface area (Å²) in [7, 11) is 0. The van der Waals surface area contributed by atoms with E-state index in [0.717, 1.165) is 39.0 Å². The average molecular weight is 518 g/mol. The van der Waals surface area contributed by atoms with Crippen LogP contribution in [0.5, 0.6) is 5.75 Å². The molecule has 7 heteroatoms. The summed E-state index contributed by atoms with van der Waals surface area (Å²) in [5.74, 6) is 0.646. The van der Waals surface area contributed by atoms with E-state index in [1.54, 1.807) is 24.3 Å². The summed E-state index contributed by atoms with van der Waals surface area (Å²) in [4.78, 5) is 16.6. The van der Waals surface area contributed by atoms with Crippen molar-refractivity contribution in [3.05, 3.63) is 96.1 Å². The topological polar surface area (TPSA) is 74.3 Å². The number of aliphatic hydroxyl groups is 1. The number of ether oxygens (including phenoxy) is 2. The van der Waals surface area contributed by atoms with E-state index in [0.29, 0.717) is 24.6 Å². The van der Waals surface area contributed by atoms with Gasteiger partial charge in [-0.3, -0.25) is 15.1 Å². The third-order valence-corrected chi connectivity index (χ3v) is 6.75. The molecule has 1 atom stereocenters. The quantitative estimate of drug-likeness (QED) is 0.323. The predicted molar refractivity (Wildman–Crippen MR) is 151 cm³/mol. The number of hydrogen-bond acceptors (Lipinski definition) is 6. The van der Waals surface area contributed by atoms with Crippen LogP contribution >= 0.6 is 0 Å². The molecular formula is C31H39N3O4. The summed E-state index contributed by atoms with van der Waals surface area (Å²) < 4.78 is 10.9. The number of rotatable bonds is 12. The summed E-state index contributed by atoms with van der Waals surface area (Å²) in [6.45, 7) is 6.88. The van der Waals surface area contributed by atoms with Crippen molar-refractivity contribution in [3.8, 4) is 5.75 Å². The fraction of sp³-hybridized carbons (Fsp3) is 0.387. The Morgan fingerprint density at radius 3 is 2.08 bits per heavy atom. The van der Waals surface area contributed by atoms with Crippen LogP contribution in [0.3, 0.4) is 0 Å². The first-order valence-corrected chi connectivity index (χ1v) is 13.5. The molecule has 1 aliphatic rings. The summed E-state index contributed by atoms with van der Waals surface area (Å²) in [5, 5.41) is 13.3. The van der Waals surface area contributed by atoms with Gasteiger partial charge in [0.15, 0.2) is 0 Å². The number of nitrogens with one attached hydrogen (secondary N) is 1. The van der Waals surface area contributed by atoms with Crippen LogP contribution in [0.2, 0.25) is 0 Å². The Morgan fingerprint density at radius 2 is 1.50 bits per heavy atom. The van der Waals surface area contributed by atoms with Gasteiger partial charge in [0.2, 0.25) is 0 Å². The SMILES string of the molecule is CCCCOC(=O)Nc1ccc(OCC(O)CN2CCN(C(c3ccccc3)c3ccccc3)CC2)cc1. The molecule has 1 saturated heterocycles. The number of unbranched alkanes of at least 4 members (excludes halogenated alkanes) is 1. The van der Waals surface area contributed by atoms with Gasteiger partial charge in [0, 0.05) is 38.4 Å². The van der Waals surface area contributed by atoms with E-state index >= 15 is 0 Å². The van der Waals surface area contributed by atoms with Crippen molar-refractivity contribution >= 4 is 11.8 Å². The number of carbonyl (C=O) groups is 1. The zero-order valence-electron chi connectivity index (χ0n) is 22.2. The van der Waals surface area contributed by atoms with E-state index in [-0.39, 0.29) is 12.6 Å². The molecule has 0 radical (unpaired) electrons. The van der Waals surface area contributed by atoms with Gasteiger partial charge in [-0.25, -0.2) is 4.79 Å². The van der Waals surface area contributed by atoms with Crippen molar-refractivity contribution in [2.24, 2.45) is 0 Å². The van der Waals surface area contributed by atoms with Crippen LogP contribution in [0.25, 0.3) is 0 Å². The van der Waals surface area contributed by atoms with E-state index in [9.17, 15) is 9.90 Å². The Balaban J connectivity index is 1.22. The molecule has 3 aromatic carbocycles. The number of benzene rings is 3. The van der Waals surface area contributed by atoms with Gasteiger partial charge in [0.25, 0.3) is 0 Å². The maximum absolute atomic E-state index is 11.8. The zero-order chi connectivity index (χ0) is 26.6. The van der Waals surface area contributed by atoms with Crippen molar-refractivity contribution in [2.75, 3.05) is 51.3 Å². The van der Waals surface area contributed by atoms with Crippen molar-refractivity contribution in [1.29, 1.82) is 0 Å². The average Bonchev–Trinajstić information content (AvgIpc) is 2.95. The summed E-state index contributed by atoms with van der Waals surface area (Å²) >= 11 is 0. The number of piperazine rings is 1. The van der Waals surface area contributed by atoms with Gasteiger partial charge in [-0.15, -0.1) is 0 Å². The number of hydrogen-bond donors (Lipinski definition) is 2. The molecule has 7 nitrogen and oxygen atoms in total. The van der Waals surface area contributed by atoms with Gasteiger partial charge < -0.3 is 14.6 Å². The summed E-state index contributed by atoms with van der Waals surface area (Å²) in [6.07, 6.45) is 0.776. The lowest BCUT2D eigenvalue weighted by Crippen LogP contribution is -2.50. The lowest BCUT2D eigenvalue weighted by molar-refractivity contribution is 0.0401. The Kier molecular flexibility index (Phi) is 10.6. The smallest absolute Gasteiger partial charge is 0.411 e. The molecule has 38 heavy (non-hydrogen) atoms. The highest BCUT2D eigenvalue weighted by atomic mass is 16.5. The number of β-amino-alcohol motifs (C(OH)–C–C–N with tert-alkyl or cyclic N) is 1. The van der Waals surface area contributed by atoms with E-state index in [1.807, 2.05) is 6.92 Å². The lowest BCUT2D eigenvalue weighted by atomic mass is 9.96. The molecule has 2 N–H and O–H groups in total. The molecule has 3 aromatic rings. The lowest BCUT2D eigenvalue weighted by Gasteiger charge is -2.40. The number of carbonyl (C=O) groups excluding carboxylic acids is 1. The normalized spacial score (nSPS) is 15.2. The molecule has 202 valence electrons. The highest BCUT2D eigenvalue weighted by Crippen LogP contribution is 2.29. The largest absolute Gasteiger partial charge is 0.491 e. The van der Waals surface area contributed by atoms with Crippen LogP contribution in [0, 0.1) is 0 Å². The summed E-state index contributed by atoms with van der Waals surface area (Å²) in [5.41, 5.74) is 3.24. The zero-order valence-corrected chi connectivity index (χ0v) is 22.2. The van der Waals surface area contributed by atoms with Crippen molar-refractivity contribution < 1.29 is 19.4 Å². The molecule has 4 rings (SSSR count). The second kappa shape index (κ2) is 14.5. The van der Waals surface area contributed by atoms with Crippen molar-refractivity contribution in [3.63, 3.8) is 0 Å². The molecule has 0 aliphatic carbocycles. The minimum Gasteiger partial charge on any atom is -0.491 e. The first-order chi connectivity index (χ1) is 18.6. The van der Waals surface area contributed by atoms with Crippen LogP contribution < -0.4 is 10.1 Å². The van der Waals surface area contributed by atoms with Crippen LogP contribution in [-0.4, -0.2) is 73.0 Å². The van der Waals surface area contributed by atoms with Crippen molar-refractivity contribution in [2.45, 2.75) is 31.9 Å². The number of nitrogens with zero attached hydrogens (tertiary/aromatic N) is 2. The van der Waals surface area contributed by atoms with Gasteiger partial charge in [-0.05, 0) is 41.8 Å². The highest BCUT2D eigenvalue weighted by molar-refractivity contribution is 5.84. The highest BCUT2D eigenvalue weighted by Gasteiger charge is 2.27. The van der Waals surface area contributed by atoms with Crippen LogP contribution in [0.1, 0.15) is 36.9 Å². The second-order valence-electron chi connectivity index (χ2n) is 9.66. The molecule has 1 aliphatic heterocycles. The number of amides is 1. The Labute approximate surface area is 226 Å². The van der Waals surface area contributed by atoms with Gasteiger partial charge in [-0.2, -0.15) is 0 Å². The van der Waals surface area contributed by atoms with Crippen molar-refractivity contribution in [1.82, 2.24) is 9.80 Å². The van der Waals surface area contributed by atoms with Gasteiger partial charge in [-0.1, -0.05) is 74.0 Å². The maximum atomic E-state index is 11.8. The Morgan fingerprint density at radius 1 is 0.895 bits per heavy atom. The minimum atomic E-state index is -0.591. The fourth-order valence-electron chi connectivity index (χ4n) is 4.73. The monoisotopic (exact) mass is 517 g/mol. The molecule has 0 aromatic heterocycles. The molecular weight excluding hydrogens is 478 g/mol. The fourth-order valence-corrected chi connectivity index (χ4v) is 4.73.